The van der Waals surface area contributed by atoms with Crippen LogP contribution in [-0.2, 0) is 10.1 Å². The summed E-state index contributed by atoms with van der Waals surface area (Å²) in [5, 5.41) is 21.5. The summed E-state index contributed by atoms with van der Waals surface area (Å²) in [6.45, 7) is 0. The van der Waals surface area contributed by atoms with E-state index in [-0.39, 0.29) is 64.8 Å². The van der Waals surface area contributed by atoms with Crippen molar-refractivity contribution in [2.24, 2.45) is 0 Å². The first-order valence-corrected chi connectivity index (χ1v) is 4.97. The van der Waals surface area contributed by atoms with Crippen molar-refractivity contribution in [2.45, 2.75) is 4.90 Å². The average Bonchev–Trinajstić information content (AvgIpc) is 1.99. The Morgan fingerprint density at radius 1 is 1.29 bits per heavy atom. The molecule has 3 N–H and O–H groups in total. The molecular formula is C7H5NNa2O6S. The van der Waals surface area contributed by atoms with Crippen LogP contribution in [-0.4, -0.2) is 18.9 Å². The van der Waals surface area contributed by atoms with E-state index in [1.165, 1.54) is 0 Å². The molecule has 0 saturated carbocycles. The van der Waals surface area contributed by atoms with Gasteiger partial charge >= 0.3 is 59.1 Å². The molecule has 0 radical (unpaired) electrons. The summed E-state index contributed by atoms with van der Waals surface area (Å²) in [6.07, 6.45) is 0. The summed E-state index contributed by atoms with van der Waals surface area (Å²) < 4.78 is 30.1. The van der Waals surface area contributed by atoms with E-state index in [1.54, 1.807) is 0 Å². The SMILES string of the molecule is Nc1cc([O-])c(C(=O)[O-])c(S(=O)(=O)O)c1.[Na+].[Na+]. The number of hydrogen-bond donors (Lipinski definition) is 2. The Hall–Kier alpha value is 0.200. The van der Waals surface area contributed by atoms with Crippen LogP contribution >= 0.6 is 0 Å². The van der Waals surface area contributed by atoms with Gasteiger partial charge < -0.3 is 20.7 Å². The molecule has 0 fully saturated rings. The average molecular weight is 277 g/mol. The molecule has 0 aliphatic heterocycles. The molecule has 0 amide bonds. The number of anilines is 1. The number of carbonyl (C=O) groups excluding carboxylic acids is 1. The fourth-order valence-corrected chi connectivity index (χ4v) is 1.74. The summed E-state index contributed by atoms with van der Waals surface area (Å²) in [5.74, 6) is -3.13. The molecular weight excluding hydrogens is 272 g/mol. The Kier molecular flexibility index (Phi) is 7.99. The smallest absolute Gasteiger partial charge is 0.872 e. The third-order valence-corrected chi connectivity index (χ3v) is 2.45. The van der Waals surface area contributed by atoms with E-state index in [0.29, 0.717) is 6.07 Å². The van der Waals surface area contributed by atoms with Crippen molar-refractivity contribution in [3.8, 4) is 5.75 Å². The second-order valence-corrected chi connectivity index (χ2v) is 4.04. The molecule has 1 aromatic rings. The predicted octanol–water partition coefficient (Wildman–Crippen LogP) is -8.04. The second kappa shape index (κ2) is 6.95. The summed E-state index contributed by atoms with van der Waals surface area (Å²) in [7, 11) is -4.82. The Bertz CT molecular complexity index is 529. The Balaban J connectivity index is 0. The molecule has 7 nitrogen and oxygen atoms in total. The number of nitrogens with two attached hydrogens (primary N) is 1. The molecule has 82 valence electrons. The number of aromatic carboxylic acids is 1. The van der Waals surface area contributed by atoms with Crippen LogP contribution in [0.5, 0.6) is 5.75 Å². The van der Waals surface area contributed by atoms with Crippen LogP contribution in [0, 0.1) is 0 Å². The van der Waals surface area contributed by atoms with E-state index < -0.39 is 32.3 Å². The quantitative estimate of drug-likeness (QED) is 0.310. The van der Waals surface area contributed by atoms with Crippen LogP contribution in [0.2, 0.25) is 0 Å². The molecule has 0 spiro atoms. The van der Waals surface area contributed by atoms with Crippen LogP contribution in [0.1, 0.15) is 10.4 Å². The van der Waals surface area contributed by atoms with Crippen molar-refractivity contribution in [1.82, 2.24) is 0 Å². The van der Waals surface area contributed by atoms with Gasteiger partial charge in [-0.25, -0.2) is 0 Å². The third-order valence-electron chi connectivity index (χ3n) is 1.57. The van der Waals surface area contributed by atoms with Crippen molar-refractivity contribution in [2.75, 3.05) is 5.73 Å². The Labute approximate surface area is 141 Å². The fourth-order valence-electron chi connectivity index (χ4n) is 1.01. The maximum absolute atomic E-state index is 11.1. The number of nitrogen functional groups attached to an aromatic ring is 1. The maximum Gasteiger partial charge on any atom is 1.00 e. The van der Waals surface area contributed by atoms with Gasteiger partial charge in [-0.2, -0.15) is 8.42 Å². The number of carboxylic acid groups (broad SMARTS) is 1. The van der Waals surface area contributed by atoms with Gasteiger partial charge in [0, 0.05) is 11.3 Å². The van der Waals surface area contributed by atoms with E-state index >= 15 is 0 Å². The first-order valence-electron chi connectivity index (χ1n) is 3.53. The first-order chi connectivity index (χ1) is 6.73. The van der Waals surface area contributed by atoms with Gasteiger partial charge in [0.15, 0.2) is 0 Å². The van der Waals surface area contributed by atoms with Gasteiger partial charge in [-0.3, -0.25) is 4.55 Å². The number of benzene rings is 1. The van der Waals surface area contributed by atoms with Crippen molar-refractivity contribution < 1.29 is 87.1 Å². The molecule has 17 heavy (non-hydrogen) atoms. The van der Waals surface area contributed by atoms with Crippen molar-refractivity contribution in [3.63, 3.8) is 0 Å². The topological polar surface area (TPSA) is 144 Å². The van der Waals surface area contributed by atoms with Crippen LogP contribution in [0.3, 0.4) is 0 Å². The molecule has 0 aliphatic rings. The first kappa shape index (κ1) is 19.5. The summed E-state index contributed by atoms with van der Waals surface area (Å²) in [5.41, 5.74) is 3.74. The molecule has 0 saturated heterocycles. The number of carboxylic acids is 1. The molecule has 0 unspecified atom stereocenters. The largest absolute Gasteiger partial charge is 1.00 e. The standard InChI is InChI=1S/C7H7NO6S.2Na/c8-3-1-4(9)6(7(10)11)5(2-3)15(12,13)14;;/h1-2,9H,8H2,(H,10,11)(H,12,13,14);;/q;2*+1/p-2. The summed E-state index contributed by atoms with van der Waals surface area (Å²) in [6, 6.07) is 1.39. The molecule has 0 atom stereocenters. The number of carbonyl (C=O) groups is 1. The monoisotopic (exact) mass is 277 g/mol. The third kappa shape index (κ3) is 4.76. The van der Waals surface area contributed by atoms with Gasteiger partial charge in [-0.1, -0.05) is 5.75 Å². The van der Waals surface area contributed by atoms with Gasteiger partial charge in [0.2, 0.25) is 0 Å². The van der Waals surface area contributed by atoms with Crippen molar-refractivity contribution >= 4 is 21.8 Å². The van der Waals surface area contributed by atoms with Crippen LogP contribution < -0.4 is 75.1 Å². The summed E-state index contributed by atoms with van der Waals surface area (Å²) >= 11 is 0. The van der Waals surface area contributed by atoms with Gasteiger partial charge in [0.25, 0.3) is 10.1 Å². The van der Waals surface area contributed by atoms with E-state index in [1.807, 2.05) is 0 Å². The minimum Gasteiger partial charge on any atom is -0.872 e. The molecule has 0 aromatic heterocycles. The predicted molar refractivity (Wildman–Crippen MR) is 44.4 cm³/mol. The minimum atomic E-state index is -4.82. The van der Waals surface area contributed by atoms with Gasteiger partial charge in [0.05, 0.1) is 5.97 Å². The van der Waals surface area contributed by atoms with Gasteiger partial charge in [-0.05, 0) is 12.1 Å². The molecule has 10 heteroatoms. The molecule has 0 aliphatic carbocycles. The zero-order chi connectivity index (χ0) is 11.8. The van der Waals surface area contributed by atoms with E-state index in [0.717, 1.165) is 6.07 Å². The van der Waals surface area contributed by atoms with Crippen LogP contribution in [0.25, 0.3) is 0 Å². The van der Waals surface area contributed by atoms with Gasteiger partial charge in [-0.15, -0.1) is 0 Å². The van der Waals surface area contributed by atoms with Crippen LogP contribution in [0.4, 0.5) is 5.69 Å². The molecule has 1 rings (SSSR count). The number of hydrogen-bond acceptors (Lipinski definition) is 6. The molecule has 0 bridgehead atoms. The Morgan fingerprint density at radius 3 is 2.12 bits per heavy atom. The zero-order valence-corrected chi connectivity index (χ0v) is 13.9. The zero-order valence-electron chi connectivity index (χ0n) is 9.13. The molecule has 0 heterocycles. The van der Waals surface area contributed by atoms with Crippen molar-refractivity contribution in [3.05, 3.63) is 17.7 Å². The normalized spacial score (nSPS) is 9.94. The summed E-state index contributed by atoms with van der Waals surface area (Å²) in [4.78, 5) is 9.41. The van der Waals surface area contributed by atoms with E-state index in [4.69, 9.17) is 10.3 Å². The maximum atomic E-state index is 11.1. The minimum absolute atomic E-state index is 0. The fraction of sp³-hybridized carbons (Fsp3) is 0. The Morgan fingerprint density at radius 2 is 1.76 bits per heavy atom. The second-order valence-electron chi connectivity index (χ2n) is 2.65. The molecule has 1 aromatic carbocycles. The van der Waals surface area contributed by atoms with Crippen LogP contribution in [0.15, 0.2) is 17.0 Å². The van der Waals surface area contributed by atoms with E-state index in [9.17, 15) is 23.4 Å². The van der Waals surface area contributed by atoms with Crippen molar-refractivity contribution in [1.29, 1.82) is 0 Å². The number of rotatable bonds is 2. The van der Waals surface area contributed by atoms with Gasteiger partial charge in [0.1, 0.15) is 4.90 Å². The van der Waals surface area contributed by atoms with E-state index in [2.05, 4.69) is 0 Å².